The van der Waals surface area contributed by atoms with Crippen LogP contribution in [-0.4, -0.2) is 19.4 Å². The van der Waals surface area contributed by atoms with Crippen LogP contribution in [0.3, 0.4) is 0 Å². The van der Waals surface area contributed by atoms with Gasteiger partial charge in [-0.15, -0.1) is 0 Å². The lowest BCUT2D eigenvalue weighted by atomic mass is 10.3. The largest absolute Gasteiger partial charge is 0.317 e. The van der Waals surface area contributed by atoms with Gasteiger partial charge in [0.15, 0.2) is 0 Å². The highest BCUT2D eigenvalue weighted by Crippen LogP contribution is 1.90. The second-order valence-electron chi connectivity index (χ2n) is 2.84. The van der Waals surface area contributed by atoms with Gasteiger partial charge in [-0.25, -0.2) is 0 Å². The lowest BCUT2D eigenvalue weighted by Gasteiger charge is -1.78. The number of aldehydes is 1. The molecule has 0 spiro atoms. The van der Waals surface area contributed by atoms with Crippen molar-refractivity contribution in [2.75, 3.05) is 13.1 Å². The Hall–Kier alpha value is -0.370. The second kappa shape index (κ2) is 6.75. The van der Waals surface area contributed by atoms with Crippen LogP contribution in [-0.2, 0) is 4.79 Å². The van der Waals surface area contributed by atoms with Crippen LogP contribution in [0.4, 0.5) is 0 Å². The molecule has 1 aliphatic heterocycles. The predicted molar refractivity (Wildman–Crippen MR) is 43.0 cm³/mol. The van der Waals surface area contributed by atoms with Gasteiger partial charge in [-0.3, -0.25) is 0 Å². The first-order valence-electron chi connectivity index (χ1n) is 3.93. The van der Waals surface area contributed by atoms with E-state index >= 15 is 0 Å². The van der Waals surface area contributed by atoms with Gasteiger partial charge in [0.1, 0.15) is 6.29 Å². The van der Waals surface area contributed by atoms with Gasteiger partial charge in [0, 0.05) is 5.92 Å². The fourth-order valence-electron chi connectivity index (χ4n) is 0.625. The van der Waals surface area contributed by atoms with E-state index in [4.69, 9.17) is 0 Å². The van der Waals surface area contributed by atoms with Crippen LogP contribution in [0.15, 0.2) is 0 Å². The van der Waals surface area contributed by atoms with E-state index in [9.17, 15) is 4.79 Å². The molecule has 1 rings (SSSR count). The maximum absolute atomic E-state index is 9.50. The first-order valence-corrected chi connectivity index (χ1v) is 3.93. The summed E-state index contributed by atoms with van der Waals surface area (Å²) in [7, 11) is 0. The molecule has 0 atom stereocenters. The fourth-order valence-corrected chi connectivity index (χ4v) is 0.625. The van der Waals surface area contributed by atoms with Gasteiger partial charge in [0.2, 0.25) is 0 Å². The molecule has 0 aromatic heterocycles. The molecule has 0 bridgehead atoms. The van der Waals surface area contributed by atoms with Crippen LogP contribution in [0.25, 0.3) is 0 Å². The molecule has 0 aromatic carbocycles. The van der Waals surface area contributed by atoms with Crippen molar-refractivity contribution >= 4 is 6.29 Å². The number of hydrogen-bond acceptors (Lipinski definition) is 2. The monoisotopic (exact) mass is 143 g/mol. The molecule has 0 amide bonds. The average Bonchev–Trinajstić information content (AvgIpc) is 2.43. The van der Waals surface area contributed by atoms with E-state index in [0.717, 1.165) is 6.29 Å². The summed E-state index contributed by atoms with van der Waals surface area (Å²) in [6.45, 7) is 6.21. The number of nitrogens with one attached hydrogen (secondary N) is 1. The summed E-state index contributed by atoms with van der Waals surface area (Å²) in [5.74, 6) is 0.204. The highest BCUT2D eigenvalue weighted by atomic mass is 16.1. The van der Waals surface area contributed by atoms with Crippen LogP contribution in [0.1, 0.15) is 26.7 Å². The molecule has 2 heteroatoms. The van der Waals surface area contributed by atoms with E-state index in [0.29, 0.717) is 0 Å². The number of carbonyl (C=O) groups is 1. The van der Waals surface area contributed by atoms with Gasteiger partial charge in [-0.1, -0.05) is 13.8 Å². The molecule has 0 saturated carbocycles. The maximum atomic E-state index is 9.50. The van der Waals surface area contributed by atoms with Crippen LogP contribution in [0, 0.1) is 5.92 Å². The molecule has 1 fully saturated rings. The van der Waals surface area contributed by atoms with Crippen molar-refractivity contribution in [2.24, 2.45) is 5.92 Å². The number of rotatable bonds is 1. The van der Waals surface area contributed by atoms with Gasteiger partial charge in [0.05, 0.1) is 0 Å². The van der Waals surface area contributed by atoms with Crippen molar-refractivity contribution in [3.63, 3.8) is 0 Å². The van der Waals surface area contributed by atoms with Gasteiger partial charge in [0.25, 0.3) is 0 Å². The lowest BCUT2D eigenvalue weighted by molar-refractivity contribution is -0.110. The van der Waals surface area contributed by atoms with E-state index in [-0.39, 0.29) is 5.92 Å². The minimum Gasteiger partial charge on any atom is -0.317 e. The summed E-state index contributed by atoms with van der Waals surface area (Å²) in [5.41, 5.74) is 0. The fraction of sp³-hybridized carbons (Fsp3) is 0.875. The highest BCUT2D eigenvalue weighted by Gasteiger charge is 1.93. The van der Waals surface area contributed by atoms with Crippen LogP contribution < -0.4 is 5.32 Å². The molecule has 1 N–H and O–H groups in total. The van der Waals surface area contributed by atoms with Crippen molar-refractivity contribution in [3.05, 3.63) is 0 Å². The third kappa shape index (κ3) is 7.63. The predicted octanol–water partition coefficient (Wildman–Crippen LogP) is 1.21. The maximum Gasteiger partial charge on any atom is 0.122 e. The molecule has 10 heavy (non-hydrogen) atoms. The molecule has 0 unspecified atom stereocenters. The van der Waals surface area contributed by atoms with E-state index in [1.165, 1.54) is 25.9 Å². The lowest BCUT2D eigenvalue weighted by Crippen LogP contribution is -2.03. The van der Waals surface area contributed by atoms with Crippen molar-refractivity contribution < 1.29 is 4.79 Å². The van der Waals surface area contributed by atoms with Crippen LogP contribution in [0.5, 0.6) is 0 Å². The summed E-state index contributed by atoms with van der Waals surface area (Å²) in [5, 5.41) is 3.22. The Morgan fingerprint density at radius 3 is 1.80 bits per heavy atom. The SMILES string of the molecule is C1CCNC1.CC(C)C=O. The Bertz CT molecular complexity index is 69.7. The van der Waals surface area contributed by atoms with Gasteiger partial charge < -0.3 is 10.1 Å². The summed E-state index contributed by atoms with van der Waals surface area (Å²) in [4.78, 5) is 9.50. The normalized spacial score (nSPS) is 16.3. The third-order valence-corrected chi connectivity index (χ3v) is 1.23. The van der Waals surface area contributed by atoms with E-state index < -0.39 is 0 Å². The molecule has 1 heterocycles. The van der Waals surface area contributed by atoms with Gasteiger partial charge in [-0.2, -0.15) is 0 Å². The molecular weight excluding hydrogens is 126 g/mol. The molecule has 60 valence electrons. The minimum absolute atomic E-state index is 0.204. The van der Waals surface area contributed by atoms with Crippen molar-refractivity contribution in [1.82, 2.24) is 5.32 Å². The molecule has 1 saturated heterocycles. The molecule has 1 aliphatic rings. The van der Waals surface area contributed by atoms with E-state index in [1.54, 1.807) is 0 Å². The number of carbonyl (C=O) groups excluding carboxylic acids is 1. The Labute approximate surface area is 63.0 Å². The minimum atomic E-state index is 0.204. The third-order valence-electron chi connectivity index (χ3n) is 1.23. The molecule has 2 nitrogen and oxygen atoms in total. The smallest absolute Gasteiger partial charge is 0.122 e. The zero-order valence-corrected chi connectivity index (χ0v) is 6.89. The Kier molecular flexibility index (Phi) is 6.50. The molecule has 0 aromatic rings. The van der Waals surface area contributed by atoms with E-state index in [2.05, 4.69) is 5.32 Å². The van der Waals surface area contributed by atoms with Crippen molar-refractivity contribution in [2.45, 2.75) is 26.7 Å². The molecular formula is C8H17NO. The summed E-state index contributed by atoms with van der Waals surface area (Å²) < 4.78 is 0. The van der Waals surface area contributed by atoms with E-state index in [1.807, 2.05) is 13.8 Å². The first kappa shape index (κ1) is 9.63. The number of hydrogen-bond donors (Lipinski definition) is 1. The molecule has 0 radical (unpaired) electrons. The topological polar surface area (TPSA) is 29.1 Å². The second-order valence-corrected chi connectivity index (χ2v) is 2.84. The van der Waals surface area contributed by atoms with Crippen molar-refractivity contribution in [3.8, 4) is 0 Å². The van der Waals surface area contributed by atoms with Crippen LogP contribution in [0.2, 0.25) is 0 Å². The highest BCUT2D eigenvalue weighted by molar-refractivity contribution is 5.51. The zero-order chi connectivity index (χ0) is 7.82. The quantitative estimate of drug-likeness (QED) is 0.559. The summed E-state index contributed by atoms with van der Waals surface area (Å²) in [6.07, 6.45) is 3.69. The van der Waals surface area contributed by atoms with Crippen molar-refractivity contribution in [1.29, 1.82) is 0 Å². The first-order chi connectivity index (χ1) is 4.77. The summed E-state index contributed by atoms with van der Waals surface area (Å²) in [6, 6.07) is 0. The van der Waals surface area contributed by atoms with Gasteiger partial charge >= 0.3 is 0 Å². The molecule has 0 aliphatic carbocycles. The zero-order valence-electron chi connectivity index (χ0n) is 6.89. The van der Waals surface area contributed by atoms with Gasteiger partial charge in [-0.05, 0) is 25.9 Å². The Morgan fingerprint density at radius 1 is 1.30 bits per heavy atom. The summed E-state index contributed by atoms with van der Waals surface area (Å²) >= 11 is 0. The Balaban J connectivity index is 0.000000162. The Morgan fingerprint density at radius 2 is 1.70 bits per heavy atom. The standard InChI is InChI=1S/C4H9N.C4H8O/c1-2-4-5-3-1;1-4(2)3-5/h5H,1-4H2;3-4H,1-2H3. The van der Waals surface area contributed by atoms with Crippen LogP contribution >= 0.6 is 0 Å². The average molecular weight is 143 g/mol.